The van der Waals surface area contributed by atoms with Crippen molar-refractivity contribution in [2.24, 2.45) is 5.41 Å². The Morgan fingerprint density at radius 2 is 1.64 bits per heavy atom. The first-order valence-electron chi connectivity index (χ1n) is 4.34. The highest BCUT2D eigenvalue weighted by molar-refractivity contribution is 4.66. The molecule has 0 aromatic rings. The number of aliphatic hydroxyl groups excluding tert-OH is 2. The molecule has 68 valence electrons. The van der Waals surface area contributed by atoms with Crippen LogP contribution in [0.1, 0.15) is 39.5 Å². The van der Waals surface area contributed by atoms with Gasteiger partial charge in [-0.3, -0.25) is 0 Å². The first-order valence-corrected chi connectivity index (χ1v) is 4.34. The Morgan fingerprint density at radius 3 is 2.09 bits per heavy atom. The molecule has 0 aliphatic heterocycles. The topological polar surface area (TPSA) is 40.5 Å². The van der Waals surface area contributed by atoms with E-state index in [0.717, 1.165) is 25.7 Å². The Balaban J connectivity index is 3.23. The first-order chi connectivity index (χ1) is 5.12. The van der Waals surface area contributed by atoms with Crippen LogP contribution < -0.4 is 0 Å². The van der Waals surface area contributed by atoms with E-state index in [9.17, 15) is 0 Å². The van der Waals surface area contributed by atoms with Gasteiger partial charge in [0.1, 0.15) is 0 Å². The zero-order chi connectivity index (χ0) is 8.74. The van der Waals surface area contributed by atoms with Crippen LogP contribution in [0.3, 0.4) is 0 Å². The Bertz CT molecular complexity index is 89.6. The van der Waals surface area contributed by atoms with Crippen LogP contribution in [0.15, 0.2) is 0 Å². The molecule has 0 radical (unpaired) electrons. The van der Waals surface area contributed by atoms with Gasteiger partial charge in [0.15, 0.2) is 0 Å². The fourth-order valence-corrected chi connectivity index (χ4v) is 0.971. The lowest BCUT2D eigenvalue weighted by molar-refractivity contribution is 0.146. The Morgan fingerprint density at radius 1 is 1.00 bits per heavy atom. The number of aliphatic hydroxyl groups is 2. The maximum Gasteiger partial charge on any atom is 0.0482 e. The molecule has 0 atom stereocenters. The molecule has 0 fully saturated rings. The molecule has 0 unspecified atom stereocenters. The lowest BCUT2D eigenvalue weighted by Crippen LogP contribution is -2.16. The van der Waals surface area contributed by atoms with Crippen molar-refractivity contribution in [3.63, 3.8) is 0 Å². The maximum absolute atomic E-state index is 8.90. The normalized spacial score (nSPS) is 12.0. The van der Waals surface area contributed by atoms with E-state index < -0.39 is 0 Å². The molecule has 0 rings (SSSR count). The average Bonchev–Trinajstić information content (AvgIpc) is 1.99. The highest BCUT2D eigenvalue weighted by Gasteiger charge is 2.14. The maximum atomic E-state index is 8.90. The molecule has 0 saturated heterocycles. The van der Waals surface area contributed by atoms with Crippen LogP contribution in [0.2, 0.25) is 0 Å². The van der Waals surface area contributed by atoms with E-state index in [1.54, 1.807) is 0 Å². The summed E-state index contributed by atoms with van der Waals surface area (Å²) in [4.78, 5) is 0. The quantitative estimate of drug-likeness (QED) is 0.579. The largest absolute Gasteiger partial charge is 0.396 e. The third-order valence-electron chi connectivity index (χ3n) is 1.94. The molecule has 2 heteroatoms. The summed E-state index contributed by atoms with van der Waals surface area (Å²) in [5.74, 6) is 0. The zero-order valence-electron chi connectivity index (χ0n) is 7.64. The predicted molar refractivity (Wildman–Crippen MR) is 46.4 cm³/mol. The Kier molecular flexibility index (Phi) is 5.51. The van der Waals surface area contributed by atoms with E-state index in [0.29, 0.717) is 6.61 Å². The van der Waals surface area contributed by atoms with E-state index >= 15 is 0 Å². The number of unbranched alkanes of at least 4 members (excludes halogenated alkanes) is 2. The van der Waals surface area contributed by atoms with E-state index in [-0.39, 0.29) is 12.0 Å². The second-order valence-electron chi connectivity index (χ2n) is 3.86. The molecule has 0 amide bonds. The fourth-order valence-electron chi connectivity index (χ4n) is 0.971. The van der Waals surface area contributed by atoms with Crippen molar-refractivity contribution in [1.29, 1.82) is 0 Å². The average molecular weight is 160 g/mol. The lowest BCUT2D eigenvalue weighted by Gasteiger charge is -2.20. The van der Waals surface area contributed by atoms with E-state index in [2.05, 4.69) is 13.8 Å². The van der Waals surface area contributed by atoms with Gasteiger partial charge in [0, 0.05) is 13.2 Å². The molecule has 0 aliphatic rings. The summed E-state index contributed by atoms with van der Waals surface area (Å²) < 4.78 is 0. The van der Waals surface area contributed by atoms with Gasteiger partial charge in [-0.05, 0) is 18.3 Å². The van der Waals surface area contributed by atoms with Gasteiger partial charge < -0.3 is 10.2 Å². The van der Waals surface area contributed by atoms with E-state index in [4.69, 9.17) is 10.2 Å². The smallest absolute Gasteiger partial charge is 0.0482 e. The highest BCUT2D eigenvalue weighted by atomic mass is 16.3. The summed E-state index contributed by atoms with van der Waals surface area (Å²) in [6.45, 7) is 4.67. The summed E-state index contributed by atoms with van der Waals surface area (Å²) in [7, 11) is 0. The summed E-state index contributed by atoms with van der Waals surface area (Å²) in [6, 6.07) is 0. The van der Waals surface area contributed by atoms with Crippen molar-refractivity contribution in [3.05, 3.63) is 0 Å². The second-order valence-corrected chi connectivity index (χ2v) is 3.86. The van der Waals surface area contributed by atoms with Crippen LogP contribution in [0.25, 0.3) is 0 Å². The zero-order valence-corrected chi connectivity index (χ0v) is 7.64. The molecule has 11 heavy (non-hydrogen) atoms. The van der Waals surface area contributed by atoms with Gasteiger partial charge >= 0.3 is 0 Å². The van der Waals surface area contributed by atoms with Gasteiger partial charge in [-0.1, -0.05) is 26.7 Å². The SMILES string of the molecule is CC(C)(CO)CCCCCO. The minimum Gasteiger partial charge on any atom is -0.396 e. The van der Waals surface area contributed by atoms with Crippen molar-refractivity contribution in [1.82, 2.24) is 0 Å². The molecular weight excluding hydrogens is 140 g/mol. The van der Waals surface area contributed by atoms with Gasteiger partial charge in [0.25, 0.3) is 0 Å². The van der Waals surface area contributed by atoms with Crippen LogP contribution >= 0.6 is 0 Å². The Hall–Kier alpha value is -0.0800. The molecule has 2 N–H and O–H groups in total. The summed E-state index contributed by atoms with van der Waals surface area (Å²) in [6.07, 6.45) is 4.11. The molecule has 0 aromatic carbocycles. The van der Waals surface area contributed by atoms with Gasteiger partial charge in [0.2, 0.25) is 0 Å². The predicted octanol–water partition coefficient (Wildman–Crippen LogP) is 1.56. The minimum absolute atomic E-state index is 0.0649. The monoisotopic (exact) mass is 160 g/mol. The lowest BCUT2D eigenvalue weighted by atomic mass is 9.88. The molecular formula is C9H20O2. The fraction of sp³-hybridized carbons (Fsp3) is 1.00. The molecule has 2 nitrogen and oxygen atoms in total. The minimum atomic E-state index is 0.0649. The van der Waals surface area contributed by atoms with Gasteiger partial charge in [-0.25, -0.2) is 0 Å². The third-order valence-corrected chi connectivity index (χ3v) is 1.94. The van der Waals surface area contributed by atoms with Crippen molar-refractivity contribution in [3.8, 4) is 0 Å². The van der Waals surface area contributed by atoms with E-state index in [1.165, 1.54) is 0 Å². The summed E-state index contributed by atoms with van der Waals surface area (Å²) in [5.41, 5.74) is 0.0649. The van der Waals surface area contributed by atoms with Crippen molar-refractivity contribution in [2.75, 3.05) is 13.2 Å². The van der Waals surface area contributed by atoms with Crippen LogP contribution in [-0.4, -0.2) is 23.4 Å². The molecule has 0 aromatic heterocycles. The Labute approximate surface area is 69.2 Å². The van der Waals surface area contributed by atoms with Gasteiger partial charge in [0.05, 0.1) is 0 Å². The van der Waals surface area contributed by atoms with Crippen molar-refractivity contribution < 1.29 is 10.2 Å². The third kappa shape index (κ3) is 6.32. The van der Waals surface area contributed by atoms with Crippen LogP contribution in [-0.2, 0) is 0 Å². The van der Waals surface area contributed by atoms with Gasteiger partial charge in [-0.15, -0.1) is 0 Å². The molecule has 0 saturated carbocycles. The van der Waals surface area contributed by atoms with Gasteiger partial charge in [-0.2, -0.15) is 0 Å². The number of hydrogen-bond donors (Lipinski definition) is 2. The summed E-state index contributed by atoms with van der Waals surface area (Å²) in [5, 5.41) is 17.4. The summed E-state index contributed by atoms with van der Waals surface area (Å²) >= 11 is 0. The number of rotatable bonds is 6. The second kappa shape index (κ2) is 5.56. The molecule has 0 bridgehead atoms. The van der Waals surface area contributed by atoms with Crippen LogP contribution in [0.5, 0.6) is 0 Å². The number of hydrogen-bond acceptors (Lipinski definition) is 2. The standard InChI is InChI=1S/C9H20O2/c1-9(2,8-11)6-4-3-5-7-10/h10-11H,3-8H2,1-2H3. The highest BCUT2D eigenvalue weighted by Crippen LogP contribution is 2.22. The first kappa shape index (κ1) is 10.9. The molecule has 0 aliphatic carbocycles. The van der Waals surface area contributed by atoms with E-state index in [1.807, 2.05) is 0 Å². The van der Waals surface area contributed by atoms with Crippen LogP contribution in [0.4, 0.5) is 0 Å². The van der Waals surface area contributed by atoms with Crippen molar-refractivity contribution in [2.45, 2.75) is 39.5 Å². The van der Waals surface area contributed by atoms with Crippen molar-refractivity contribution >= 4 is 0 Å². The molecule has 0 spiro atoms. The van der Waals surface area contributed by atoms with Crippen LogP contribution in [0, 0.1) is 5.41 Å². The molecule has 0 heterocycles.